The highest BCUT2D eigenvalue weighted by Gasteiger charge is 2.14. The van der Waals surface area contributed by atoms with Gasteiger partial charge in [-0.2, -0.15) is 0 Å². The van der Waals surface area contributed by atoms with Gasteiger partial charge in [0, 0.05) is 11.4 Å². The number of phenolic OH excluding ortho intramolecular Hbond substituents is 1. The SMILES string of the molecule is Cc1ccsc1CNS(=O)(=O)c1ccc(O)cc1. The summed E-state index contributed by atoms with van der Waals surface area (Å²) in [5, 5.41) is 11.1. The number of hydrogen-bond donors (Lipinski definition) is 2. The maximum atomic E-state index is 12.0. The van der Waals surface area contributed by atoms with E-state index < -0.39 is 10.0 Å². The van der Waals surface area contributed by atoms with E-state index in [1.54, 1.807) is 0 Å². The van der Waals surface area contributed by atoms with Crippen molar-refractivity contribution in [1.82, 2.24) is 4.72 Å². The zero-order valence-electron chi connectivity index (χ0n) is 9.75. The first-order valence-electron chi connectivity index (χ1n) is 5.31. The number of aryl methyl sites for hydroxylation is 1. The van der Waals surface area contributed by atoms with Gasteiger partial charge in [-0.1, -0.05) is 0 Å². The Kier molecular flexibility index (Phi) is 3.70. The largest absolute Gasteiger partial charge is 0.508 e. The Hall–Kier alpha value is -1.37. The van der Waals surface area contributed by atoms with Crippen molar-refractivity contribution in [3.05, 3.63) is 46.2 Å². The summed E-state index contributed by atoms with van der Waals surface area (Å²) >= 11 is 1.52. The fourth-order valence-electron chi connectivity index (χ4n) is 1.45. The van der Waals surface area contributed by atoms with Crippen LogP contribution in [0.3, 0.4) is 0 Å². The van der Waals surface area contributed by atoms with E-state index in [9.17, 15) is 8.42 Å². The van der Waals surface area contributed by atoms with E-state index in [0.29, 0.717) is 0 Å². The van der Waals surface area contributed by atoms with Crippen molar-refractivity contribution in [2.45, 2.75) is 18.4 Å². The fourth-order valence-corrected chi connectivity index (χ4v) is 3.39. The molecular formula is C12H13NO3S2. The molecule has 0 radical (unpaired) electrons. The first kappa shape index (κ1) is 13.1. The topological polar surface area (TPSA) is 66.4 Å². The molecule has 18 heavy (non-hydrogen) atoms. The predicted octanol–water partition coefficient (Wildman–Crippen LogP) is 2.24. The second-order valence-electron chi connectivity index (χ2n) is 3.85. The summed E-state index contributed by atoms with van der Waals surface area (Å²) in [7, 11) is -3.52. The molecule has 6 heteroatoms. The van der Waals surface area contributed by atoms with E-state index in [1.807, 2.05) is 18.4 Å². The lowest BCUT2D eigenvalue weighted by Gasteiger charge is -2.06. The van der Waals surface area contributed by atoms with Crippen molar-refractivity contribution < 1.29 is 13.5 Å². The average molecular weight is 283 g/mol. The van der Waals surface area contributed by atoms with Gasteiger partial charge in [-0.25, -0.2) is 13.1 Å². The van der Waals surface area contributed by atoms with Crippen LogP contribution in [0.1, 0.15) is 10.4 Å². The van der Waals surface area contributed by atoms with Gasteiger partial charge in [0.1, 0.15) is 5.75 Å². The number of phenols is 1. The minimum absolute atomic E-state index is 0.0445. The van der Waals surface area contributed by atoms with Gasteiger partial charge >= 0.3 is 0 Å². The van der Waals surface area contributed by atoms with Crippen LogP contribution >= 0.6 is 11.3 Å². The molecule has 0 atom stereocenters. The van der Waals surface area contributed by atoms with Crippen LogP contribution in [-0.2, 0) is 16.6 Å². The van der Waals surface area contributed by atoms with Crippen molar-refractivity contribution in [2.75, 3.05) is 0 Å². The monoisotopic (exact) mass is 283 g/mol. The van der Waals surface area contributed by atoms with Gasteiger partial charge in [0.15, 0.2) is 0 Å². The highest BCUT2D eigenvalue weighted by Crippen LogP contribution is 2.17. The van der Waals surface area contributed by atoms with E-state index in [-0.39, 0.29) is 17.2 Å². The molecule has 0 fully saturated rings. The van der Waals surface area contributed by atoms with Crippen LogP contribution in [0.5, 0.6) is 5.75 Å². The summed E-state index contributed by atoms with van der Waals surface area (Å²) in [6, 6.07) is 7.41. The van der Waals surface area contributed by atoms with E-state index in [2.05, 4.69) is 4.72 Å². The van der Waals surface area contributed by atoms with Crippen LogP contribution in [0, 0.1) is 6.92 Å². The fraction of sp³-hybridized carbons (Fsp3) is 0.167. The minimum Gasteiger partial charge on any atom is -0.508 e. The number of nitrogens with one attached hydrogen (secondary N) is 1. The summed E-state index contributed by atoms with van der Waals surface area (Å²) in [6.45, 7) is 2.23. The zero-order chi connectivity index (χ0) is 13.2. The van der Waals surface area contributed by atoms with E-state index in [1.165, 1.54) is 35.6 Å². The van der Waals surface area contributed by atoms with Crippen molar-refractivity contribution in [3.63, 3.8) is 0 Å². The standard InChI is InChI=1S/C12H13NO3S2/c1-9-6-7-17-12(9)8-13-18(15,16)11-4-2-10(14)3-5-11/h2-7,13-14H,8H2,1H3. The Labute approximate surface area is 110 Å². The van der Waals surface area contributed by atoms with Crippen molar-refractivity contribution in [2.24, 2.45) is 0 Å². The maximum absolute atomic E-state index is 12.0. The normalized spacial score (nSPS) is 11.6. The number of benzene rings is 1. The van der Waals surface area contributed by atoms with Gasteiger partial charge in [-0.3, -0.25) is 0 Å². The third kappa shape index (κ3) is 2.90. The summed E-state index contributed by atoms with van der Waals surface area (Å²) in [5.41, 5.74) is 1.08. The highest BCUT2D eigenvalue weighted by molar-refractivity contribution is 7.89. The van der Waals surface area contributed by atoms with Crippen LogP contribution in [-0.4, -0.2) is 13.5 Å². The van der Waals surface area contributed by atoms with Gasteiger partial charge in [-0.05, 0) is 48.2 Å². The third-order valence-corrected chi connectivity index (χ3v) is 4.98. The van der Waals surface area contributed by atoms with Crippen LogP contribution < -0.4 is 4.72 Å². The lowest BCUT2D eigenvalue weighted by Crippen LogP contribution is -2.22. The molecule has 1 heterocycles. The second-order valence-corrected chi connectivity index (χ2v) is 6.61. The summed E-state index contributed by atoms with van der Waals surface area (Å²) in [5.74, 6) is 0.0445. The molecule has 1 aromatic carbocycles. The molecule has 4 nitrogen and oxygen atoms in total. The minimum atomic E-state index is -3.52. The van der Waals surface area contributed by atoms with Gasteiger partial charge in [0.25, 0.3) is 0 Å². The van der Waals surface area contributed by atoms with E-state index in [0.717, 1.165) is 10.4 Å². The molecule has 2 aromatic rings. The van der Waals surface area contributed by atoms with Crippen LogP contribution in [0.25, 0.3) is 0 Å². The number of hydrogen-bond acceptors (Lipinski definition) is 4. The molecule has 1 aromatic heterocycles. The van der Waals surface area contributed by atoms with Crippen LogP contribution in [0.2, 0.25) is 0 Å². The molecule has 0 aliphatic carbocycles. The molecule has 0 saturated heterocycles. The molecule has 0 bridgehead atoms. The van der Waals surface area contributed by atoms with Gasteiger partial charge < -0.3 is 5.11 Å². The molecule has 0 saturated carbocycles. The Balaban J connectivity index is 2.13. The number of thiophene rings is 1. The first-order chi connectivity index (χ1) is 8.49. The van der Waals surface area contributed by atoms with Crippen LogP contribution in [0.4, 0.5) is 0 Å². The van der Waals surface area contributed by atoms with E-state index >= 15 is 0 Å². The Morgan fingerprint density at radius 3 is 2.44 bits per heavy atom. The number of sulfonamides is 1. The molecule has 2 rings (SSSR count). The zero-order valence-corrected chi connectivity index (χ0v) is 11.4. The summed E-state index contributed by atoms with van der Waals surface area (Å²) in [6.07, 6.45) is 0. The van der Waals surface area contributed by atoms with Crippen molar-refractivity contribution in [1.29, 1.82) is 0 Å². The Morgan fingerprint density at radius 2 is 1.89 bits per heavy atom. The Bertz CT molecular complexity index is 630. The summed E-state index contributed by atoms with van der Waals surface area (Å²) in [4.78, 5) is 1.15. The first-order valence-corrected chi connectivity index (χ1v) is 7.67. The molecular weight excluding hydrogens is 270 g/mol. The predicted molar refractivity (Wildman–Crippen MR) is 71.2 cm³/mol. The number of rotatable bonds is 4. The molecule has 2 N–H and O–H groups in total. The van der Waals surface area contributed by atoms with Crippen molar-refractivity contribution >= 4 is 21.4 Å². The van der Waals surface area contributed by atoms with Gasteiger partial charge in [0.2, 0.25) is 10.0 Å². The number of aromatic hydroxyl groups is 1. The highest BCUT2D eigenvalue weighted by atomic mass is 32.2. The Morgan fingerprint density at radius 1 is 1.22 bits per heavy atom. The van der Waals surface area contributed by atoms with Gasteiger partial charge in [-0.15, -0.1) is 11.3 Å². The third-order valence-electron chi connectivity index (χ3n) is 2.54. The molecule has 0 unspecified atom stereocenters. The molecule has 0 aliphatic rings. The van der Waals surface area contributed by atoms with E-state index in [4.69, 9.17) is 5.11 Å². The van der Waals surface area contributed by atoms with Crippen LogP contribution in [0.15, 0.2) is 40.6 Å². The van der Waals surface area contributed by atoms with Crippen molar-refractivity contribution in [3.8, 4) is 5.75 Å². The molecule has 0 amide bonds. The summed E-state index contributed by atoms with van der Waals surface area (Å²) < 4.78 is 26.5. The lowest BCUT2D eigenvalue weighted by atomic mass is 10.3. The van der Waals surface area contributed by atoms with Gasteiger partial charge in [0.05, 0.1) is 4.90 Å². The molecule has 0 aliphatic heterocycles. The smallest absolute Gasteiger partial charge is 0.240 e. The second kappa shape index (κ2) is 5.09. The molecule has 96 valence electrons. The quantitative estimate of drug-likeness (QED) is 0.904. The average Bonchev–Trinajstić information content (AvgIpc) is 2.73. The molecule has 0 spiro atoms. The lowest BCUT2D eigenvalue weighted by molar-refractivity contribution is 0.474. The maximum Gasteiger partial charge on any atom is 0.240 e.